The summed E-state index contributed by atoms with van der Waals surface area (Å²) in [5.74, 6) is 2.05. The SMILES string of the molecule is Cc1c2c(c(CC(C)(C)C)c3ccc(CC(C)(C)C)cc13)Oc1cc3c([Si](C)(C)C)cccc3c3cc[n+](C)c-2c13. The lowest BCUT2D eigenvalue weighted by molar-refractivity contribution is -0.659. The summed E-state index contributed by atoms with van der Waals surface area (Å²) in [6.07, 6.45) is 4.26. The lowest BCUT2D eigenvalue weighted by atomic mass is 9.80. The van der Waals surface area contributed by atoms with Gasteiger partial charge in [0.2, 0.25) is 5.69 Å². The highest BCUT2D eigenvalue weighted by molar-refractivity contribution is 6.90. The van der Waals surface area contributed by atoms with Crippen molar-refractivity contribution in [3.05, 3.63) is 71.4 Å². The van der Waals surface area contributed by atoms with Gasteiger partial charge in [-0.15, -0.1) is 0 Å². The van der Waals surface area contributed by atoms with Crippen molar-refractivity contribution in [3.8, 4) is 22.8 Å². The van der Waals surface area contributed by atoms with Gasteiger partial charge in [-0.1, -0.05) is 103 Å². The molecular weight excluding hydrogens is 515 g/mol. The van der Waals surface area contributed by atoms with E-state index in [1.54, 1.807) is 0 Å². The van der Waals surface area contributed by atoms with Crippen LogP contribution in [0.3, 0.4) is 0 Å². The molecule has 0 fully saturated rings. The molecule has 1 aromatic heterocycles. The van der Waals surface area contributed by atoms with Crippen molar-refractivity contribution >= 4 is 45.6 Å². The van der Waals surface area contributed by atoms with Crippen molar-refractivity contribution in [1.29, 1.82) is 0 Å². The van der Waals surface area contributed by atoms with Crippen LogP contribution < -0.4 is 14.5 Å². The van der Waals surface area contributed by atoms with Gasteiger partial charge in [0.05, 0.1) is 19.0 Å². The lowest BCUT2D eigenvalue weighted by Gasteiger charge is -2.29. The summed E-state index contributed by atoms with van der Waals surface area (Å²) in [7, 11) is 0.624. The Labute approximate surface area is 247 Å². The maximum Gasteiger partial charge on any atom is 0.228 e. The van der Waals surface area contributed by atoms with Crippen molar-refractivity contribution in [1.82, 2.24) is 0 Å². The second-order valence-corrected chi connectivity index (χ2v) is 20.9. The number of hydrogen-bond acceptors (Lipinski definition) is 1. The van der Waals surface area contributed by atoms with E-state index in [0.717, 1.165) is 24.3 Å². The Bertz CT molecular complexity index is 1880. The van der Waals surface area contributed by atoms with Gasteiger partial charge >= 0.3 is 0 Å². The molecule has 0 unspecified atom stereocenters. The monoisotopic (exact) mass is 560 g/mol. The standard InChI is InChI=1S/C38H46NOSi/c1-23-28-19-24(21-37(2,3)4)15-16-26(28)30(22-38(5,6)7)36-33(23)35-34-27(17-18-39(35)8)25-13-12-14-32(41(9,10)11)29(25)20-31(34)40-36/h12-20H,21-22H2,1-11H3/q+1. The normalized spacial score (nSPS) is 13.6. The van der Waals surface area contributed by atoms with Crippen LogP contribution in [-0.2, 0) is 19.9 Å². The Balaban J connectivity index is 1.76. The Hall–Kier alpha value is -3.17. The van der Waals surface area contributed by atoms with E-state index in [-0.39, 0.29) is 10.8 Å². The van der Waals surface area contributed by atoms with Gasteiger partial charge < -0.3 is 4.74 Å². The fourth-order valence-electron chi connectivity index (χ4n) is 7.00. The third-order valence-corrected chi connectivity index (χ3v) is 10.7. The molecule has 2 nitrogen and oxygen atoms in total. The summed E-state index contributed by atoms with van der Waals surface area (Å²) in [5, 5.41) is 9.38. The molecule has 41 heavy (non-hydrogen) atoms. The van der Waals surface area contributed by atoms with Crippen LogP contribution >= 0.6 is 0 Å². The Kier molecular flexibility index (Phi) is 6.25. The summed E-state index contributed by atoms with van der Waals surface area (Å²) in [6, 6.07) is 18.7. The van der Waals surface area contributed by atoms with E-state index in [1.807, 2.05) is 0 Å². The van der Waals surface area contributed by atoms with Crippen LogP contribution in [0.2, 0.25) is 19.6 Å². The molecule has 0 aliphatic carbocycles. The van der Waals surface area contributed by atoms with Crippen molar-refractivity contribution in [3.63, 3.8) is 0 Å². The van der Waals surface area contributed by atoms with Crippen LogP contribution in [0.4, 0.5) is 0 Å². The van der Waals surface area contributed by atoms with Crippen molar-refractivity contribution < 1.29 is 9.30 Å². The molecule has 5 aromatic rings. The van der Waals surface area contributed by atoms with E-state index >= 15 is 0 Å². The molecule has 0 radical (unpaired) electrons. The van der Waals surface area contributed by atoms with E-state index in [4.69, 9.17) is 4.74 Å². The molecule has 4 aromatic carbocycles. The number of aryl methyl sites for hydroxylation is 2. The van der Waals surface area contributed by atoms with Crippen LogP contribution in [-0.4, -0.2) is 8.07 Å². The van der Waals surface area contributed by atoms with E-state index < -0.39 is 8.07 Å². The average molecular weight is 561 g/mol. The Morgan fingerprint density at radius 3 is 2.12 bits per heavy atom. The van der Waals surface area contributed by atoms with E-state index in [0.29, 0.717) is 0 Å². The van der Waals surface area contributed by atoms with Gasteiger partial charge in [0.25, 0.3) is 0 Å². The number of aromatic nitrogens is 1. The van der Waals surface area contributed by atoms with Crippen molar-refractivity contribution in [2.45, 2.75) is 80.9 Å². The van der Waals surface area contributed by atoms with Crippen molar-refractivity contribution in [2.75, 3.05) is 0 Å². The van der Waals surface area contributed by atoms with E-state index in [9.17, 15) is 0 Å². The highest BCUT2D eigenvalue weighted by atomic mass is 28.3. The molecule has 212 valence electrons. The first-order chi connectivity index (χ1) is 19.0. The number of ether oxygens (including phenoxy) is 1. The Morgan fingerprint density at radius 2 is 1.46 bits per heavy atom. The molecule has 0 spiro atoms. The Morgan fingerprint density at radius 1 is 0.756 bits per heavy atom. The molecule has 0 saturated carbocycles. The second kappa shape index (κ2) is 9.16. The van der Waals surface area contributed by atoms with Crippen LogP contribution in [0.15, 0.2) is 54.7 Å². The number of nitrogens with zero attached hydrogens (tertiary/aromatic N) is 1. The maximum absolute atomic E-state index is 7.16. The van der Waals surface area contributed by atoms with Crippen molar-refractivity contribution in [2.24, 2.45) is 17.9 Å². The quantitative estimate of drug-likeness (QED) is 0.119. The summed E-state index contributed by atoms with van der Waals surface area (Å²) >= 11 is 0. The predicted molar refractivity (Wildman–Crippen MR) is 180 cm³/mol. The third kappa shape index (κ3) is 4.76. The van der Waals surface area contributed by atoms with Crippen LogP contribution in [0.1, 0.15) is 58.2 Å². The van der Waals surface area contributed by atoms with E-state index in [1.165, 1.54) is 65.5 Å². The number of pyridine rings is 1. The van der Waals surface area contributed by atoms with Gasteiger partial charge in [0.15, 0.2) is 6.20 Å². The van der Waals surface area contributed by atoms with Gasteiger partial charge in [0, 0.05) is 17.0 Å². The van der Waals surface area contributed by atoms with Gasteiger partial charge in [-0.2, -0.15) is 0 Å². The number of hydrogen-bond donors (Lipinski definition) is 0. The van der Waals surface area contributed by atoms with E-state index in [2.05, 4.69) is 134 Å². The number of fused-ring (bicyclic) bond motifs is 5. The molecule has 0 N–H and O–H groups in total. The summed E-state index contributed by atoms with van der Waals surface area (Å²) < 4.78 is 9.48. The molecule has 1 aliphatic rings. The molecule has 1 aliphatic heterocycles. The fraction of sp³-hybridized carbons (Fsp3) is 0.395. The highest BCUT2D eigenvalue weighted by Gasteiger charge is 2.35. The molecule has 0 bridgehead atoms. The van der Waals surface area contributed by atoms with Crippen LogP contribution in [0.5, 0.6) is 11.5 Å². The minimum absolute atomic E-state index is 0.117. The van der Waals surface area contributed by atoms with Crippen LogP contribution in [0.25, 0.3) is 43.6 Å². The minimum Gasteiger partial charge on any atom is -0.455 e. The zero-order valence-electron chi connectivity index (χ0n) is 27.0. The number of benzene rings is 4. The summed E-state index contributed by atoms with van der Waals surface area (Å²) in [5.41, 5.74) is 6.93. The topological polar surface area (TPSA) is 13.1 Å². The van der Waals surface area contributed by atoms with Gasteiger partial charge in [-0.3, -0.25) is 0 Å². The van der Waals surface area contributed by atoms with Gasteiger partial charge in [-0.05, 0) is 69.3 Å². The van der Waals surface area contributed by atoms with Crippen LogP contribution in [0, 0.1) is 17.8 Å². The smallest absolute Gasteiger partial charge is 0.228 e. The number of rotatable bonds is 3. The molecule has 3 heteroatoms. The zero-order chi connectivity index (χ0) is 29.6. The van der Waals surface area contributed by atoms with Gasteiger partial charge in [0.1, 0.15) is 18.5 Å². The third-order valence-electron chi connectivity index (χ3n) is 8.63. The second-order valence-electron chi connectivity index (χ2n) is 15.9. The first-order valence-corrected chi connectivity index (χ1v) is 18.7. The predicted octanol–water partition coefficient (Wildman–Crippen LogP) is 9.77. The average Bonchev–Trinajstić information content (AvgIpc) is 2.85. The largest absolute Gasteiger partial charge is 0.455 e. The molecule has 2 heterocycles. The molecule has 0 atom stereocenters. The zero-order valence-corrected chi connectivity index (χ0v) is 28.0. The molecule has 0 amide bonds. The lowest BCUT2D eigenvalue weighted by Crippen LogP contribution is -2.38. The maximum atomic E-state index is 7.16. The van der Waals surface area contributed by atoms with Gasteiger partial charge in [-0.25, -0.2) is 4.57 Å². The fourth-order valence-corrected chi connectivity index (χ4v) is 8.61. The molecule has 0 saturated heterocycles. The first kappa shape index (κ1) is 28.0. The first-order valence-electron chi connectivity index (χ1n) is 15.2. The molecular formula is C38H46NOSi+. The summed E-state index contributed by atoms with van der Waals surface area (Å²) in [6.45, 7) is 23.6. The highest BCUT2D eigenvalue weighted by Crippen LogP contribution is 2.52. The minimum atomic E-state index is -1.57. The molecule has 6 rings (SSSR count). The summed E-state index contributed by atoms with van der Waals surface area (Å²) in [4.78, 5) is 0.